The Bertz CT molecular complexity index is 520. The van der Waals surface area contributed by atoms with Gasteiger partial charge in [-0.25, -0.2) is 4.79 Å². The van der Waals surface area contributed by atoms with Gasteiger partial charge in [-0.2, -0.15) is 0 Å². The Labute approximate surface area is 106 Å². The van der Waals surface area contributed by atoms with Gasteiger partial charge in [0, 0.05) is 0 Å². The number of rotatable bonds is 4. The van der Waals surface area contributed by atoms with Crippen LogP contribution in [-0.2, 0) is 18.0 Å². The van der Waals surface area contributed by atoms with Gasteiger partial charge >= 0.3 is 5.97 Å². The van der Waals surface area contributed by atoms with E-state index in [1.165, 1.54) is 0 Å². The summed E-state index contributed by atoms with van der Waals surface area (Å²) in [5, 5.41) is 9.16. The summed E-state index contributed by atoms with van der Waals surface area (Å²) >= 11 is 0. The molecule has 0 aliphatic rings. The molecular weight excluding hydrogens is 228 g/mol. The Morgan fingerprint density at radius 3 is 2.22 bits per heavy atom. The van der Waals surface area contributed by atoms with Crippen molar-refractivity contribution in [1.82, 2.24) is 0 Å². The van der Waals surface area contributed by atoms with E-state index in [0.717, 1.165) is 11.1 Å². The van der Waals surface area contributed by atoms with Crippen molar-refractivity contribution >= 4 is 5.97 Å². The zero-order valence-electron chi connectivity index (χ0n) is 9.87. The van der Waals surface area contributed by atoms with Crippen molar-refractivity contribution in [2.45, 2.75) is 13.2 Å². The number of aliphatic hydroxyl groups is 1. The number of ether oxygens (including phenoxy) is 1. The molecular formula is C15H14O3. The fourth-order valence-corrected chi connectivity index (χ4v) is 1.65. The van der Waals surface area contributed by atoms with Crippen molar-refractivity contribution < 1.29 is 14.6 Å². The van der Waals surface area contributed by atoms with Crippen molar-refractivity contribution in [2.24, 2.45) is 0 Å². The molecule has 3 heteroatoms. The van der Waals surface area contributed by atoms with Crippen LogP contribution in [0.25, 0.3) is 0 Å². The summed E-state index contributed by atoms with van der Waals surface area (Å²) in [5.74, 6) is -0.358. The zero-order chi connectivity index (χ0) is 12.8. The molecule has 0 saturated heterocycles. The van der Waals surface area contributed by atoms with Gasteiger partial charge in [0.1, 0.15) is 6.61 Å². The molecule has 0 bridgehead atoms. The van der Waals surface area contributed by atoms with E-state index < -0.39 is 0 Å². The summed E-state index contributed by atoms with van der Waals surface area (Å²) in [6.45, 7) is 0.115. The van der Waals surface area contributed by atoms with Crippen LogP contribution in [0, 0.1) is 0 Å². The number of hydrogen-bond acceptors (Lipinski definition) is 3. The van der Waals surface area contributed by atoms with Crippen molar-refractivity contribution in [1.29, 1.82) is 0 Å². The predicted molar refractivity (Wildman–Crippen MR) is 67.9 cm³/mol. The Kier molecular flexibility index (Phi) is 4.10. The average molecular weight is 242 g/mol. The minimum Gasteiger partial charge on any atom is -0.457 e. The largest absolute Gasteiger partial charge is 0.457 e. The molecule has 0 aliphatic heterocycles. The Balaban J connectivity index is 2.02. The van der Waals surface area contributed by atoms with Crippen LogP contribution in [0.1, 0.15) is 21.5 Å². The highest BCUT2D eigenvalue weighted by Crippen LogP contribution is 2.11. The summed E-state index contributed by atoms with van der Waals surface area (Å²) in [6.07, 6.45) is 0. The monoisotopic (exact) mass is 242 g/mol. The van der Waals surface area contributed by atoms with Gasteiger partial charge in [0.15, 0.2) is 0 Å². The highest BCUT2D eigenvalue weighted by atomic mass is 16.5. The van der Waals surface area contributed by atoms with E-state index in [4.69, 9.17) is 9.84 Å². The SMILES string of the molecule is O=C(OCc1ccccc1CO)c1ccccc1. The second kappa shape index (κ2) is 5.98. The molecule has 0 saturated carbocycles. The standard InChI is InChI=1S/C15H14O3/c16-10-13-8-4-5-9-14(13)11-18-15(17)12-6-2-1-3-7-12/h1-9,16H,10-11H2. The van der Waals surface area contributed by atoms with Crippen molar-refractivity contribution in [3.8, 4) is 0 Å². The third-order valence-electron chi connectivity index (χ3n) is 2.66. The van der Waals surface area contributed by atoms with Gasteiger partial charge in [-0.1, -0.05) is 42.5 Å². The lowest BCUT2D eigenvalue weighted by molar-refractivity contribution is 0.0470. The van der Waals surface area contributed by atoms with Crippen LogP contribution >= 0.6 is 0 Å². The van der Waals surface area contributed by atoms with Gasteiger partial charge in [-0.3, -0.25) is 0 Å². The van der Waals surface area contributed by atoms with Crippen LogP contribution < -0.4 is 0 Å². The molecule has 0 heterocycles. The zero-order valence-corrected chi connectivity index (χ0v) is 9.87. The second-order valence-corrected chi connectivity index (χ2v) is 3.87. The van der Waals surface area contributed by atoms with E-state index in [9.17, 15) is 4.79 Å². The normalized spacial score (nSPS) is 10.1. The quantitative estimate of drug-likeness (QED) is 0.838. The highest BCUT2D eigenvalue weighted by molar-refractivity contribution is 5.89. The van der Waals surface area contributed by atoms with Crippen LogP contribution in [0.5, 0.6) is 0 Å². The van der Waals surface area contributed by atoms with Crippen LogP contribution in [0.4, 0.5) is 0 Å². The summed E-state index contributed by atoms with van der Waals surface area (Å²) in [6, 6.07) is 16.2. The maximum Gasteiger partial charge on any atom is 0.338 e. The molecule has 0 unspecified atom stereocenters. The molecule has 0 aromatic heterocycles. The fraction of sp³-hybridized carbons (Fsp3) is 0.133. The maximum absolute atomic E-state index is 11.7. The van der Waals surface area contributed by atoms with Crippen LogP contribution in [-0.4, -0.2) is 11.1 Å². The Morgan fingerprint density at radius 1 is 0.944 bits per heavy atom. The molecule has 92 valence electrons. The molecule has 0 amide bonds. The van der Waals surface area contributed by atoms with E-state index in [1.54, 1.807) is 24.3 Å². The van der Waals surface area contributed by atoms with Gasteiger partial charge in [0.25, 0.3) is 0 Å². The second-order valence-electron chi connectivity index (χ2n) is 3.87. The van der Waals surface area contributed by atoms with E-state index in [1.807, 2.05) is 30.3 Å². The van der Waals surface area contributed by atoms with E-state index in [-0.39, 0.29) is 19.2 Å². The molecule has 18 heavy (non-hydrogen) atoms. The summed E-state index contributed by atoms with van der Waals surface area (Å²) in [5.41, 5.74) is 2.13. The van der Waals surface area contributed by atoms with E-state index >= 15 is 0 Å². The molecule has 0 aliphatic carbocycles. The van der Waals surface area contributed by atoms with Crippen molar-refractivity contribution in [2.75, 3.05) is 0 Å². The molecule has 0 fully saturated rings. The van der Waals surface area contributed by atoms with Crippen molar-refractivity contribution in [3.63, 3.8) is 0 Å². The number of carbonyl (C=O) groups excluding carboxylic acids is 1. The molecule has 2 aromatic rings. The lowest BCUT2D eigenvalue weighted by Gasteiger charge is -2.08. The van der Waals surface area contributed by atoms with Crippen LogP contribution in [0.2, 0.25) is 0 Å². The van der Waals surface area contributed by atoms with Gasteiger partial charge in [0.05, 0.1) is 12.2 Å². The van der Waals surface area contributed by atoms with Crippen molar-refractivity contribution in [3.05, 3.63) is 71.3 Å². The summed E-state index contributed by atoms with van der Waals surface area (Å²) in [4.78, 5) is 11.7. The first-order chi connectivity index (χ1) is 8.81. The number of hydrogen-bond donors (Lipinski definition) is 1. The molecule has 0 atom stereocenters. The number of esters is 1. The first kappa shape index (κ1) is 12.3. The topological polar surface area (TPSA) is 46.5 Å². The summed E-state index contributed by atoms with van der Waals surface area (Å²) < 4.78 is 5.21. The van der Waals surface area contributed by atoms with Crippen LogP contribution in [0.15, 0.2) is 54.6 Å². The molecule has 2 aromatic carbocycles. The smallest absolute Gasteiger partial charge is 0.338 e. The number of carbonyl (C=O) groups is 1. The molecule has 0 spiro atoms. The third-order valence-corrected chi connectivity index (χ3v) is 2.66. The number of benzene rings is 2. The lowest BCUT2D eigenvalue weighted by Crippen LogP contribution is -2.06. The maximum atomic E-state index is 11.7. The average Bonchev–Trinajstić information content (AvgIpc) is 2.46. The highest BCUT2D eigenvalue weighted by Gasteiger charge is 2.07. The van der Waals surface area contributed by atoms with Gasteiger partial charge in [-0.15, -0.1) is 0 Å². The predicted octanol–water partition coefficient (Wildman–Crippen LogP) is 2.54. The third kappa shape index (κ3) is 2.96. The van der Waals surface area contributed by atoms with Gasteiger partial charge in [0.2, 0.25) is 0 Å². The lowest BCUT2D eigenvalue weighted by atomic mass is 10.1. The number of aliphatic hydroxyl groups excluding tert-OH is 1. The van der Waals surface area contributed by atoms with Crippen LogP contribution in [0.3, 0.4) is 0 Å². The molecule has 1 N–H and O–H groups in total. The Hall–Kier alpha value is -2.13. The molecule has 3 nitrogen and oxygen atoms in total. The van der Waals surface area contributed by atoms with Gasteiger partial charge in [-0.05, 0) is 23.3 Å². The minimum atomic E-state index is -0.358. The summed E-state index contributed by atoms with van der Waals surface area (Å²) in [7, 11) is 0. The molecule has 0 radical (unpaired) electrons. The Morgan fingerprint density at radius 2 is 1.56 bits per heavy atom. The van der Waals surface area contributed by atoms with Gasteiger partial charge < -0.3 is 9.84 Å². The molecule has 2 rings (SSSR count). The first-order valence-electron chi connectivity index (χ1n) is 5.71. The minimum absolute atomic E-state index is 0.0565. The first-order valence-corrected chi connectivity index (χ1v) is 5.71. The fourth-order valence-electron chi connectivity index (χ4n) is 1.65. The van der Waals surface area contributed by atoms with E-state index in [2.05, 4.69) is 0 Å². The van der Waals surface area contributed by atoms with E-state index in [0.29, 0.717) is 5.56 Å².